The summed E-state index contributed by atoms with van der Waals surface area (Å²) in [6.07, 6.45) is 4.72. The zero-order valence-electron chi connectivity index (χ0n) is 16.5. The highest BCUT2D eigenvalue weighted by Crippen LogP contribution is 2.35. The molecule has 0 N–H and O–H groups in total. The molecular formula is C20H28N2O5S. The molecule has 2 aliphatic heterocycles. The van der Waals surface area contributed by atoms with E-state index in [1.54, 1.807) is 40.6 Å². The predicted octanol–water partition coefficient (Wildman–Crippen LogP) is 2.77. The molecule has 0 aliphatic carbocycles. The number of hydrogen-bond acceptors (Lipinski definition) is 6. The molecule has 2 aliphatic rings. The zero-order chi connectivity index (χ0) is 20.1. The molecule has 2 fully saturated rings. The third kappa shape index (κ3) is 4.37. The summed E-state index contributed by atoms with van der Waals surface area (Å²) in [6.45, 7) is 5.16. The first-order valence-corrected chi connectivity index (χ1v) is 11.0. The van der Waals surface area contributed by atoms with Gasteiger partial charge < -0.3 is 19.0 Å². The van der Waals surface area contributed by atoms with Gasteiger partial charge in [0.2, 0.25) is 5.91 Å². The monoisotopic (exact) mass is 408 g/mol. The molecule has 0 bridgehead atoms. The van der Waals surface area contributed by atoms with E-state index in [2.05, 4.69) is 6.92 Å². The number of furan rings is 1. The normalized spacial score (nSPS) is 25.0. The van der Waals surface area contributed by atoms with Crippen molar-refractivity contribution >= 4 is 29.5 Å². The maximum Gasteiger partial charge on any atom is 0.310 e. The third-order valence-corrected chi connectivity index (χ3v) is 6.59. The van der Waals surface area contributed by atoms with Crippen LogP contribution in [0.3, 0.4) is 0 Å². The average Bonchev–Trinajstić information content (AvgIpc) is 3.38. The quantitative estimate of drug-likeness (QED) is 0.674. The molecular weight excluding hydrogens is 380 g/mol. The highest BCUT2D eigenvalue weighted by Gasteiger charge is 2.44. The van der Waals surface area contributed by atoms with Gasteiger partial charge in [-0.15, -0.1) is 11.8 Å². The van der Waals surface area contributed by atoms with Crippen molar-refractivity contribution in [3.05, 3.63) is 24.2 Å². The van der Waals surface area contributed by atoms with Crippen LogP contribution in [0.4, 0.5) is 0 Å². The van der Waals surface area contributed by atoms with Crippen molar-refractivity contribution in [1.29, 1.82) is 0 Å². The molecule has 0 radical (unpaired) electrons. The van der Waals surface area contributed by atoms with E-state index in [4.69, 9.17) is 9.15 Å². The number of nitrogens with zero attached hydrogens (tertiary/aromatic N) is 2. The Labute approximate surface area is 169 Å². The first-order chi connectivity index (χ1) is 13.6. The minimum Gasteiger partial charge on any atom is -0.466 e. The predicted molar refractivity (Wildman–Crippen MR) is 106 cm³/mol. The van der Waals surface area contributed by atoms with Crippen molar-refractivity contribution in [2.75, 3.05) is 25.4 Å². The zero-order valence-corrected chi connectivity index (χ0v) is 17.3. The molecule has 2 saturated heterocycles. The largest absolute Gasteiger partial charge is 0.466 e. The Hall–Kier alpha value is -1.96. The standard InChI is InChI=1S/C20H28N2O5S/c1-3-7-17-22(19(24)16-9-6-11-27-16)15(13-28-17)18(23)21-10-5-8-14(12-21)20(25)26-4-2/h6,9,11,14-15,17H,3-5,7-8,10,12-13H2,1-2H3. The molecule has 2 amide bonds. The summed E-state index contributed by atoms with van der Waals surface area (Å²) in [7, 11) is 0. The summed E-state index contributed by atoms with van der Waals surface area (Å²) in [5.74, 6) is -0.0352. The number of rotatable bonds is 6. The molecule has 0 saturated carbocycles. The number of thioether (sulfide) groups is 1. The van der Waals surface area contributed by atoms with E-state index >= 15 is 0 Å². The van der Waals surface area contributed by atoms with Gasteiger partial charge in [-0.05, 0) is 38.3 Å². The van der Waals surface area contributed by atoms with Crippen LogP contribution in [0.15, 0.2) is 22.8 Å². The van der Waals surface area contributed by atoms with Crippen LogP contribution in [0.1, 0.15) is 50.1 Å². The second-order valence-corrected chi connectivity index (χ2v) is 8.37. The fraction of sp³-hybridized carbons (Fsp3) is 0.650. The van der Waals surface area contributed by atoms with Gasteiger partial charge in [-0.3, -0.25) is 14.4 Å². The van der Waals surface area contributed by atoms with Crippen LogP contribution in [0.25, 0.3) is 0 Å². The molecule has 3 rings (SSSR count). The van der Waals surface area contributed by atoms with E-state index in [-0.39, 0.29) is 34.8 Å². The van der Waals surface area contributed by atoms with Gasteiger partial charge in [-0.2, -0.15) is 0 Å². The maximum absolute atomic E-state index is 13.3. The van der Waals surface area contributed by atoms with E-state index in [1.807, 2.05) is 0 Å². The molecule has 0 spiro atoms. The summed E-state index contributed by atoms with van der Waals surface area (Å²) in [6, 6.07) is 2.78. The molecule has 8 heteroatoms. The van der Waals surface area contributed by atoms with Gasteiger partial charge in [0.1, 0.15) is 6.04 Å². The second kappa shape index (κ2) is 9.49. The van der Waals surface area contributed by atoms with E-state index in [1.165, 1.54) is 6.26 Å². The number of esters is 1. The Morgan fingerprint density at radius 1 is 1.32 bits per heavy atom. The number of hydrogen-bond donors (Lipinski definition) is 0. The fourth-order valence-electron chi connectivity index (χ4n) is 3.86. The van der Waals surface area contributed by atoms with E-state index < -0.39 is 6.04 Å². The molecule has 1 aromatic rings. The van der Waals surface area contributed by atoms with Crippen LogP contribution >= 0.6 is 11.8 Å². The average molecular weight is 409 g/mol. The van der Waals surface area contributed by atoms with E-state index in [9.17, 15) is 14.4 Å². The number of piperidine rings is 1. The minimum absolute atomic E-state index is 0.0396. The smallest absolute Gasteiger partial charge is 0.310 e. The summed E-state index contributed by atoms with van der Waals surface area (Å²) >= 11 is 1.64. The van der Waals surface area contributed by atoms with Crippen LogP contribution in [-0.2, 0) is 14.3 Å². The Bertz CT molecular complexity index is 693. The molecule has 3 atom stereocenters. The molecule has 3 unspecified atom stereocenters. The molecule has 1 aromatic heterocycles. The van der Waals surface area contributed by atoms with Crippen LogP contribution in [0.5, 0.6) is 0 Å². The summed E-state index contributed by atoms with van der Waals surface area (Å²) in [5, 5.41) is -0.0396. The van der Waals surface area contributed by atoms with Gasteiger partial charge in [0.25, 0.3) is 5.91 Å². The van der Waals surface area contributed by atoms with E-state index in [0.717, 1.165) is 25.7 Å². The van der Waals surface area contributed by atoms with Gasteiger partial charge in [-0.1, -0.05) is 13.3 Å². The van der Waals surface area contributed by atoms with Gasteiger partial charge >= 0.3 is 5.97 Å². The van der Waals surface area contributed by atoms with Crippen LogP contribution in [0.2, 0.25) is 0 Å². The third-order valence-electron chi connectivity index (χ3n) is 5.23. The summed E-state index contributed by atoms with van der Waals surface area (Å²) < 4.78 is 10.4. The number of carbonyl (C=O) groups is 3. The number of amides is 2. The van der Waals surface area contributed by atoms with Crippen molar-refractivity contribution in [2.24, 2.45) is 5.92 Å². The van der Waals surface area contributed by atoms with Gasteiger partial charge in [0, 0.05) is 18.8 Å². The van der Waals surface area contributed by atoms with Crippen molar-refractivity contribution < 1.29 is 23.5 Å². The SMILES string of the molecule is CCCC1SCC(C(=O)N2CCCC(C(=O)OCC)C2)N1C(=O)c1ccco1. The lowest BCUT2D eigenvalue weighted by Gasteiger charge is -2.36. The Balaban J connectivity index is 1.75. The molecule has 154 valence electrons. The molecule has 28 heavy (non-hydrogen) atoms. The minimum atomic E-state index is -0.528. The van der Waals surface area contributed by atoms with Crippen molar-refractivity contribution in [3.8, 4) is 0 Å². The van der Waals surface area contributed by atoms with Crippen LogP contribution < -0.4 is 0 Å². The Morgan fingerprint density at radius 3 is 2.82 bits per heavy atom. The fourth-order valence-corrected chi connectivity index (χ4v) is 5.38. The van der Waals surface area contributed by atoms with Crippen molar-refractivity contribution in [1.82, 2.24) is 9.80 Å². The first kappa shape index (κ1) is 20.8. The van der Waals surface area contributed by atoms with Gasteiger partial charge in [-0.25, -0.2) is 0 Å². The summed E-state index contributed by atoms with van der Waals surface area (Å²) in [5.41, 5.74) is 0. The first-order valence-electron chi connectivity index (χ1n) is 10.00. The van der Waals surface area contributed by atoms with Gasteiger partial charge in [0.05, 0.1) is 24.2 Å². The highest BCUT2D eigenvalue weighted by molar-refractivity contribution is 8.00. The molecule has 0 aromatic carbocycles. The lowest BCUT2D eigenvalue weighted by Crippen LogP contribution is -2.53. The molecule has 7 nitrogen and oxygen atoms in total. The molecule has 3 heterocycles. The number of ether oxygens (including phenoxy) is 1. The summed E-state index contributed by atoms with van der Waals surface area (Å²) in [4.78, 5) is 41.8. The highest BCUT2D eigenvalue weighted by atomic mass is 32.2. The number of carbonyl (C=O) groups excluding carboxylic acids is 3. The lowest BCUT2D eigenvalue weighted by atomic mass is 9.97. The van der Waals surface area contributed by atoms with Crippen LogP contribution in [-0.4, -0.2) is 64.4 Å². The topological polar surface area (TPSA) is 80.1 Å². The van der Waals surface area contributed by atoms with Crippen molar-refractivity contribution in [2.45, 2.75) is 50.9 Å². The lowest BCUT2D eigenvalue weighted by molar-refractivity contribution is -0.151. The maximum atomic E-state index is 13.3. The van der Waals surface area contributed by atoms with Gasteiger partial charge in [0.15, 0.2) is 5.76 Å². The second-order valence-electron chi connectivity index (χ2n) is 7.16. The van der Waals surface area contributed by atoms with Crippen LogP contribution in [0, 0.1) is 5.92 Å². The Kier molecular flexibility index (Phi) is 7.04. The van der Waals surface area contributed by atoms with E-state index in [0.29, 0.717) is 25.4 Å². The Morgan fingerprint density at radius 2 is 2.14 bits per heavy atom. The number of likely N-dealkylation sites (tertiary alicyclic amines) is 1. The van der Waals surface area contributed by atoms with Crippen molar-refractivity contribution in [3.63, 3.8) is 0 Å².